The van der Waals surface area contributed by atoms with Crippen LogP contribution >= 0.6 is 0 Å². The van der Waals surface area contributed by atoms with E-state index < -0.39 is 11.6 Å². The van der Waals surface area contributed by atoms with Gasteiger partial charge in [-0.1, -0.05) is 49.6 Å². The lowest BCUT2D eigenvalue weighted by molar-refractivity contribution is -0.153. The number of anilines is 2. The first kappa shape index (κ1) is 27.7. The van der Waals surface area contributed by atoms with Crippen molar-refractivity contribution in [1.29, 1.82) is 0 Å². The standard InChI is InChI=1S/C31H39N5O4/c1-31(29(37)38,40-26-10-6-3-7-11-26)21-23-12-14-25(15-13-23)39-28-20-27(33-30(32)34-28)36-18-16-35(17-19-36)22-24-8-4-2-5-9-24/h3,6-7,10-15,20,24H,2,4-5,8-9,16-19,21-22H2,1H3,(H,37,38)(H2,32,33,34). The van der Waals surface area contributed by atoms with E-state index >= 15 is 0 Å². The normalized spacial score (nSPS) is 18.2. The Hall–Kier alpha value is -3.85. The predicted molar refractivity (Wildman–Crippen MR) is 155 cm³/mol. The van der Waals surface area contributed by atoms with Crippen molar-refractivity contribution < 1.29 is 19.4 Å². The van der Waals surface area contributed by atoms with Gasteiger partial charge < -0.3 is 25.2 Å². The molecule has 1 saturated carbocycles. The number of aromatic nitrogens is 2. The zero-order valence-corrected chi connectivity index (χ0v) is 23.2. The van der Waals surface area contributed by atoms with E-state index in [-0.39, 0.29) is 12.4 Å². The van der Waals surface area contributed by atoms with E-state index in [4.69, 9.17) is 15.2 Å². The van der Waals surface area contributed by atoms with Gasteiger partial charge in [0.2, 0.25) is 17.4 Å². The van der Waals surface area contributed by atoms with Gasteiger partial charge in [-0.3, -0.25) is 4.90 Å². The monoisotopic (exact) mass is 545 g/mol. The molecule has 0 amide bonds. The fourth-order valence-electron chi connectivity index (χ4n) is 5.63. The van der Waals surface area contributed by atoms with E-state index in [1.807, 2.05) is 36.4 Å². The largest absolute Gasteiger partial charge is 0.478 e. The molecule has 0 spiro atoms. The molecule has 0 bridgehead atoms. The zero-order valence-electron chi connectivity index (χ0n) is 23.2. The number of nitrogen functional groups attached to an aromatic ring is 1. The molecule has 2 aliphatic rings. The van der Waals surface area contributed by atoms with Gasteiger partial charge in [0.15, 0.2) is 0 Å². The van der Waals surface area contributed by atoms with Gasteiger partial charge in [-0.2, -0.15) is 9.97 Å². The van der Waals surface area contributed by atoms with Gasteiger partial charge >= 0.3 is 5.97 Å². The maximum atomic E-state index is 12.1. The highest BCUT2D eigenvalue weighted by atomic mass is 16.5. The highest BCUT2D eigenvalue weighted by Gasteiger charge is 2.36. The third-order valence-corrected chi connectivity index (χ3v) is 7.87. The molecule has 1 aliphatic heterocycles. The molecule has 1 saturated heterocycles. The van der Waals surface area contributed by atoms with Crippen LogP contribution in [0.15, 0.2) is 60.7 Å². The number of hydrogen-bond acceptors (Lipinski definition) is 8. The molecule has 3 aromatic rings. The first-order valence-electron chi connectivity index (χ1n) is 14.2. The number of carbonyl (C=O) groups is 1. The average Bonchev–Trinajstić information content (AvgIpc) is 2.95. The number of rotatable bonds is 10. The minimum atomic E-state index is -1.42. The molecule has 1 atom stereocenters. The lowest BCUT2D eigenvalue weighted by Crippen LogP contribution is -2.48. The van der Waals surface area contributed by atoms with Crippen LogP contribution in [0.2, 0.25) is 0 Å². The van der Waals surface area contributed by atoms with Crippen molar-refractivity contribution in [1.82, 2.24) is 14.9 Å². The van der Waals surface area contributed by atoms with E-state index in [9.17, 15) is 9.90 Å². The molecule has 2 fully saturated rings. The maximum Gasteiger partial charge on any atom is 0.348 e. The molecular formula is C31H39N5O4. The summed E-state index contributed by atoms with van der Waals surface area (Å²) in [6.07, 6.45) is 7.06. The van der Waals surface area contributed by atoms with Gasteiger partial charge in [0.25, 0.3) is 0 Å². The van der Waals surface area contributed by atoms with Crippen LogP contribution in [0.25, 0.3) is 0 Å². The summed E-state index contributed by atoms with van der Waals surface area (Å²) in [4.78, 5) is 25.6. The molecule has 1 aromatic heterocycles. The number of hydrogen-bond donors (Lipinski definition) is 2. The van der Waals surface area contributed by atoms with E-state index in [2.05, 4.69) is 19.8 Å². The number of benzene rings is 2. The van der Waals surface area contributed by atoms with Crippen molar-refractivity contribution in [3.8, 4) is 17.4 Å². The minimum Gasteiger partial charge on any atom is -0.478 e. The average molecular weight is 546 g/mol. The van der Waals surface area contributed by atoms with Crippen LogP contribution in [0, 0.1) is 5.92 Å². The molecule has 1 unspecified atom stereocenters. The lowest BCUT2D eigenvalue weighted by atomic mass is 9.89. The minimum absolute atomic E-state index is 0.170. The van der Waals surface area contributed by atoms with Crippen molar-refractivity contribution in [3.05, 3.63) is 66.2 Å². The maximum absolute atomic E-state index is 12.1. The molecule has 9 heteroatoms. The van der Waals surface area contributed by atoms with Gasteiger partial charge in [-0.25, -0.2) is 4.79 Å². The SMILES string of the molecule is CC(Cc1ccc(Oc2cc(N3CCN(CC4CCCCC4)CC3)nc(N)n2)cc1)(Oc1ccccc1)C(=O)O. The Kier molecular flexibility index (Phi) is 8.69. The highest BCUT2D eigenvalue weighted by Crippen LogP contribution is 2.28. The molecule has 9 nitrogen and oxygen atoms in total. The van der Waals surface area contributed by atoms with Gasteiger partial charge in [0.1, 0.15) is 17.3 Å². The fraction of sp³-hybridized carbons (Fsp3) is 0.452. The number of nitrogens with two attached hydrogens (primary N) is 1. The number of para-hydroxylation sites is 1. The number of nitrogens with zero attached hydrogens (tertiary/aromatic N) is 4. The quantitative estimate of drug-likeness (QED) is 0.362. The molecule has 40 heavy (non-hydrogen) atoms. The Labute approximate surface area is 235 Å². The van der Waals surface area contributed by atoms with Gasteiger partial charge in [-0.05, 0) is 55.5 Å². The van der Waals surface area contributed by atoms with Crippen molar-refractivity contribution >= 4 is 17.7 Å². The Morgan fingerprint density at radius 1 is 0.975 bits per heavy atom. The molecule has 212 valence electrons. The summed E-state index contributed by atoms with van der Waals surface area (Å²) in [6.45, 7) is 6.60. The number of ether oxygens (including phenoxy) is 2. The summed E-state index contributed by atoms with van der Waals surface area (Å²) in [6, 6.07) is 18.1. The van der Waals surface area contributed by atoms with Crippen LogP contribution in [-0.2, 0) is 11.2 Å². The third-order valence-electron chi connectivity index (χ3n) is 7.87. The van der Waals surface area contributed by atoms with Crippen LogP contribution in [0.5, 0.6) is 17.4 Å². The van der Waals surface area contributed by atoms with Crippen LogP contribution < -0.4 is 20.1 Å². The molecule has 0 radical (unpaired) electrons. The number of aliphatic carboxylic acids is 1. The van der Waals surface area contributed by atoms with Crippen LogP contribution in [0.4, 0.5) is 11.8 Å². The third kappa shape index (κ3) is 7.21. The zero-order chi connectivity index (χ0) is 28.0. The summed E-state index contributed by atoms with van der Waals surface area (Å²) in [5.41, 5.74) is 5.44. The summed E-state index contributed by atoms with van der Waals surface area (Å²) in [5.74, 6) is 2.21. The second-order valence-corrected chi connectivity index (χ2v) is 11.1. The first-order chi connectivity index (χ1) is 19.4. The molecule has 1 aliphatic carbocycles. The molecular weight excluding hydrogens is 506 g/mol. The fourth-order valence-corrected chi connectivity index (χ4v) is 5.63. The van der Waals surface area contributed by atoms with E-state index in [1.165, 1.54) is 38.6 Å². The summed E-state index contributed by atoms with van der Waals surface area (Å²) in [5, 5.41) is 9.87. The Morgan fingerprint density at radius 3 is 2.35 bits per heavy atom. The lowest BCUT2D eigenvalue weighted by Gasteiger charge is -2.37. The molecule has 5 rings (SSSR count). The van der Waals surface area contributed by atoms with Crippen LogP contribution in [-0.4, -0.2) is 64.3 Å². The van der Waals surface area contributed by atoms with Crippen molar-refractivity contribution in [2.24, 2.45) is 5.92 Å². The Morgan fingerprint density at radius 2 is 1.68 bits per heavy atom. The Bertz CT molecular complexity index is 1260. The summed E-state index contributed by atoms with van der Waals surface area (Å²) in [7, 11) is 0. The second-order valence-electron chi connectivity index (χ2n) is 11.1. The molecule has 2 heterocycles. The summed E-state index contributed by atoms with van der Waals surface area (Å²) < 4.78 is 11.9. The molecule has 3 N–H and O–H groups in total. The number of carboxylic acids is 1. The predicted octanol–water partition coefficient (Wildman–Crippen LogP) is 5.02. The highest BCUT2D eigenvalue weighted by molar-refractivity contribution is 5.78. The smallest absolute Gasteiger partial charge is 0.348 e. The number of piperazine rings is 1. The van der Waals surface area contributed by atoms with Gasteiger partial charge in [0, 0.05) is 45.2 Å². The van der Waals surface area contributed by atoms with E-state index in [0.29, 0.717) is 17.4 Å². The van der Waals surface area contributed by atoms with Gasteiger partial charge in [-0.15, -0.1) is 0 Å². The van der Waals surface area contributed by atoms with Crippen molar-refractivity contribution in [3.63, 3.8) is 0 Å². The van der Waals surface area contributed by atoms with Crippen molar-refractivity contribution in [2.75, 3.05) is 43.4 Å². The Balaban J connectivity index is 1.19. The van der Waals surface area contributed by atoms with E-state index in [0.717, 1.165) is 43.5 Å². The number of carboxylic acid groups (broad SMARTS) is 1. The van der Waals surface area contributed by atoms with Gasteiger partial charge in [0.05, 0.1) is 0 Å². The summed E-state index contributed by atoms with van der Waals surface area (Å²) >= 11 is 0. The van der Waals surface area contributed by atoms with Crippen LogP contribution in [0.1, 0.15) is 44.6 Å². The van der Waals surface area contributed by atoms with Crippen LogP contribution in [0.3, 0.4) is 0 Å². The van der Waals surface area contributed by atoms with Crippen molar-refractivity contribution in [2.45, 2.75) is 51.0 Å². The topological polar surface area (TPSA) is 114 Å². The molecule has 2 aromatic carbocycles. The van der Waals surface area contributed by atoms with E-state index in [1.54, 1.807) is 31.2 Å². The second kappa shape index (κ2) is 12.6. The first-order valence-corrected chi connectivity index (χ1v) is 14.2.